The van der Waals surface area contributed by atoms with Gasteiger partial charge in [-0.25, -0.2) is 14.4 Å². The van der Waals surface area contributed by atoms with E-state index < -0.39 is 24.8 Å². The molecule has 0 aliphatic heterocycles. The molecule has 0 atom stereocenters. The minimum Gasteiger partial charge on any atom is -0.478 e. The molecule has 0 saturated carbocycles. The van der Waals surface area contributed by atoms with E-state index in [1.807, 2.05) is 65.8 Å². The first-order valence-corrected chi connectivity index (χ1v) is 11.2. The highest BCUT2D eigenvalue weighted by atomic mass is 31.1. The lowest BCUT2D eigenvalue weighted by molar-refractivity contribution is -0.132. The molecule has 0 aliphatic carbocycles. The molecule has 0 saturated heterocycles. The number of carboxylic acids is 1. The van der Waals surface area contributed by atoms with Crippen LogP contribution >= 0.6 is 7.80 Å². The lowest BCUT2D eigenvalue weighted by Crippen LogP contribution is -2.08. The molecule has 0 bridgehead atoms. The Balaban J connectivity index is 0.000000592. The van der Waals surface area contributed by atoms with Crippen molar-refractivity contribution >= 4 is 24.8 Å². The highest BCUT2D eigenvalue weighted by molar-refractivity contribution is 7.80. The Labute approximate surface area is 185 Å². The third kappa shape index (κ3) is 6.53. The first-order valence-electron chi connectivity index (χ1n) is 9.89. The topological polar surface area (TPSA) is 88.5 Å². The number of carboxylic acid groups (broad SMARTS) is 1. The Morgan fingerprint density at radius 3 is 1.23 bits per heavy atom. The zero-order valence-electron chi connectivity index (χ0n) is 19.4. The molecule has 0 heterocycles. The molecule has 2 aromatic carbocycles. The number of carbonyl (C=O) groups is 3. The van der Waals surface area contributed by atoms with Gasteiger partial charge in [-0.05, 0) is 77.6 Å². The Morgan fingerprint density at radius 1 is 0.742 bits per heavy atom. The maximum atomic E-state index is 12.7. The van der Waals surface area contributed by atoms with E-state index in [-0.39, 0.29) is 0 Å². The van der Waals surface area contributed by atoms with Gasteiger partial charge in [-0.2, -0.15) is 0 Å². The lowest BCUT2D eigenvalue weighted by atomic mass is 10.0. The van der Waals surface area contributed by atoms with Crippen LogP contribution in [0.1, 0.15) is 67.9 Å². The molecule has 0 radical (unpaired) electrons. The van der Waals surface area contributed by atoms with Crippen LogP contribution in [-0.4, -0.2) is 22.1 Å². The fourth-order valence-corrected chi connectivity index (χ4v) is 4.75. The first-order chi connectivity index (χ1) is 14.3. The van der Waals surface area contributed by atoms with Gasteiger partial charge in [0.05, 0.1) is 11.1 Å². The van der Waals surface area contributed by atoms with E-state index in [4.69, 9.17) is 5.11 Å². The summed E-state index contributed by atoms with van der Waals surface area (Å²) in [6, 6.07) is 7.49. The van der Waals surface area contributed by atoms with Gasteiger partial charge in [0, 0.05) is 5.57 Å². The monoisotopic (exact) mass is 441 g/mol. The van der Waals surface area contributed by atoms with Crippen LogP contribution in [0.25, 0.3) is 0 Å². The molecule has 5 nitrogen and oxygen atoms in total. The molecule has 164 valence electrons. The number of hydrogen-bond acceptors (Lipinski definition) is 4. The summed E-state index contributed by atoms with van der Waals surface area (Å²) in [6.07, 6.45) is 1.56. The fraction of sp³-hybridized carbons (Fsp3) is 0.320. The minimum absolute atomic E-state index is 0.389. The Morgan fingerprint density at radius 2 is 1.03 bits per heavy atom. The number of carbonyl (C=O) groups excluding carboxylic acids is 2. The summed E-state index contributed by atoms with van der Waals surface area (Å²) in [7, 11) is -2.67. The van der Waals surface area contributed by atoms with Crippen LogP contribution in [-0.2, 0) is 9.36 Å². The van der Waals surface area contributed by atoms with Gasteiger partial charge in [0.2, 0.25) is 0 Å². The van der Waals surface area contributed by atoms with Crippen molar-refractivity contribution < 1.29 is 24.1 Å². The van der Waals surface area contributed by atoms with Gasteiger partial charge in [-0.1, -0.05) is 46.0 Å². The second-order valence-electron chi connectivity index (χ2n) is 7.73. The normalized spacial score (nSPS) is 10.8. The van der Waals surface area contributed by atoms with Gasteiger partial charge >= 0.3 is 24.8 Å². The maximum absolute atomic E-state index is 12.7. The molecule has 6 heteroatoms. The summed E-state index contributed by atoms with van der Waals surface area (Å²) in [4.78, 5) is 35.3. The summed E-state index contributed by atoms with van der Waals surface area (Å²) in [5.74, 6) is -0.845. The molecule has 0 unspecified atom stereocenters. The number of allylic oxidation sites excluding steroid dienone is 1. The first kappa shape index (κ1) is 26.1. The average Bonchev–Trinajstić information content (AvgIpc) is 2.65. The van der Waals surface area contributed by atoms with Gasteiger partial charge in [-0.15, -0.1) is 0 Å². The predicted octanol–water partition coefficient (Wildman–Crippen LogP) is 6.38. The van der Waals surface area contributed by atoms with E-state index in [2.05, 4.69) is 0 Å². The third-order valence-corrected chi connectivity index (χ3v) is 6.11. The van der Waals surface area contributed by atoms with Gasteiger partial charge in [0.15, 0.2) is 0 Å². The van der Waals surface area contributed by atoms with E-state index >= 15 is 0 Å². The highest BCUT2D eigenvalue weighted by Crippen LogP contribution is 2.36. The molecule has 31 heavy (non-hydrogen) atoms. The quantitative estimate of drug-likeness (QED) is 0.429. The van der Waals surface area contributed by atoms with Crippen LogP contribution in [0.2, 0.25) is 0 Å². The average molecular weight is 441 g/mol. The number of benzene rings is 2. The number of rotatable bonds is 5. The summed E-state index contributed by atoms with van der Waals surface area (Å²) in [5.41, 5.74) is 5.12. The molecule has 0 amide bonds. The van der Waals surface area contributed by atoms with Crippen LogP contribution < -0.4 is 0 Å². The Hall–Kier alpha value is -2.91. The number of hydrogen-bond donors (Lipinski definition) is 1. The van der Waals surface area contributed by atoms with Crippen LogP contribution in [0.5, 0.6) is 0 Å². The van der Waals surface area contributed by atoms with Crippen molar-refractivity contribution in [2.45, 2.75) is 55.4 Å². The van der Waals surface area contributed by atoms with Crippen molar-refractivity contribution in [1.82, 2.24) is 0 Å². The molecule has 0 fully saturated rings. The van der Waals surface area contributed by atoms with Crippen LogP contribution in [0, 0.1) is 41.5 Å². The van der Waals surface area contributed by atoms with E-state index in [1.54, 1.807) is 19.9 Å². The summed E-state index contributed by atoms with van der Waals surface area (Å²) >= 11 is 0. The Kier molecular flexibility index (Phi) is 9.20. The van der Waals surface area contributed by atoms with Crippen molar-refractivity contribution in [1.29, 1.82) is 0 Å². The summed E-state index contributed by atoms with van der Waals surface area (Å²) < 4.78 is 12.7. The number of aliphatic carboxylic acids is 1. The number of aryl methyl sites for hydroxylation is 6. The van der Waals surface area contributed by atoms with Crippen molar-refractivity contribution in [3.63, 3.8) is 0 Å². The zero-order chi connectivity index (χ0) is 24.0. The second-order valence-corrected chi connectivity index (χ2v) is 9.13. The van der Waals surface area contributed by atoms with Crippen molar-refractivity contribution in [3.8, 4) is 0 Å². The molecular weight excluding hydrogens is 411 g/mol. The maximum Gasteiger partial charge on any atom is 0.501 e. The van der Waals surface area contributed by atoms with Crippen molar-refractivity contribution in [2.24, 2.45) is 0 Å². The smallest absolute Gasteiger partial charge is 0.478 e. The van der Waals surface area contributed by atoms with Gasteiger partial charge < -0.3 is 5.11 Å². The molecule has 0 spiro atoms. The van der Waals surface area contributed by atoms with Crippen LogP contribution in [0.3, 0.4) is 0 Å². The predicted molar refractivity (Wildman–Crippen MR) is 125 cm³/mol. The fourth-order valence-electron chi connectivity index (χ4n) is 3.45. The van der Waals surface area contributed by atoms with Crippen LogP contribution in [0.4, 0.5) is 0 Å². The molecule has 1 N–H and O–H groups in total. The van der Waals surface area contributed by atoms with E-state index in [1.165, 1.54) is 0 Å². The highest BCUT2D eigenvalue weighted by Gasteiger charge is 2.42. The van der Waals surface area contributed by atoms with Crippen molar-refractivity contribution in [3.05, 3.63) is 80.4 Å². The van der Waals surface area contributed by atoms with Gasteiger partial charge in [0.1, 0.15) is 0 Å². The van der Waals surface area contributed by atoms with Crippen molar-refractivity contribution in [2.75, 3.05) is 0 Å². The zero-order valence-corrected chi connectivity index (χ0v) is 20.3. The summed E-state index contributed by atoms with van der Waals surface area (Å²) in [6.45, 7) is 14.4. The lowest BCUT2D eigenvalue weighted by Gasteiger charge is -2.07. The SMILES string of the molecule is CC=C(C)C(=O)O.Cc1cc(C)c(C(=O)[P+](=O)C(=O)c2c(C)cc(C)cc2C)c(C)c1. The molecule has 2 rings (SSSR count). The van der Waals surface area contributed by atoms with E-state index in [9.17, 15) is 18.9 Å². The van der Waals surface area contributed by atoms with Crippen LogP contribution in [0.15, 0.2) is 35.9 Å². The molecule has 0 aliphatic rings. The Bertz CT molecular complexity index is 976. The summed E-state index contributed by atoms with van der Waals surface area (Å²) in [5, 5.41) is 8.11. The van der Waals surface area contributed by atoms with Gasteiger partial charge in [-0.3, -0.25) is 0 Å². The standard InChI is InChI=1S/C20H22O3P.C5H8O2/c1-11-7-13(3)17(14(4)8-11)19(21)24(23)20(22)18-15(5)9-12(2)10-16(18)6;1-3-4(2)5(6)7/h7-10H,1-6H3;3H,1-2H3,(H,6,7)/q+1;. The molecule has 0 aromatic heterocycles. The molecule has 2 aromatic rings. The minimum atomic E-state index is -2.67. The third-order valence-electron chi connectivity index (χ3n) is 4.92. The van der Waals surface area contributed by atoms with Gasteiger partial charge in [0.25, 0.3) is 0 Å². The van der Waals surface area contributed by atoms with E-state index in [0.717, 1.165) is 33.4 Å². The molecular formula is C25H30O5P+. The second kappa shape index (κ2) is 10.9. The largest absolute Gasteiger partial charge is 0.501 e. The van der Waals surface area contributed by atoms with E-state index in [0.29, 0.717) is 16.7 Å².